The highest BCUT2D eigenvalue weighted by Gasteiger charge is 2.07. The van der Waals surface area contributed by atoms with E-state index in [1.165, 1.54) is 6.26 Å². The molecule has 2 aromatic heterocycles. The van der Waals surface area contributed by atoms with Crippen LogP contribution in [0.15, 0.2) is 47.3 Å². The largest absolute Gasteiger partial charge is 0.464 e. The van der Waals surface area contributed by atoms with Gasteiger partial charge in [-0.2, -0.15) is 0 Å². The summed E-state index contributed by atoms with van der Waals surface area (Å²) in [4.78, 5) is 14.6. The Morgan fingerprint density at radius 3 is 2.53 bits per heavy atom. The van der Waals surface area contributed by atoms with Gasteiger partial charge in [0.1, 0.15) is 17.3 Å². The van der Waals surface area contributed by atoms with Gasteiger partial charge in [0.25, 0.3) is 0 Å². The molecule has 0 bridgehead atoms. The van der Waals surface area contributed by atoms with E-state index in [1.807, 2.05) is 5.94 Å². The zero-order valence-electron chi connectivity index (χ0n) is 7.71. The Bertz CT molecular complexity index is 459. The van der Waals surface area contributed by atoms with Crippen molar-refractivity contribution in [3.8, 4) is 0 Å². The van der Waals surface area contributed by atoms with Crippen molar-refractivity contribution in [3.05, 3.63) is 54.2 Å². The lowest BCUT2D eigenvalue weighted by Gasteiger charge is -1.97. The monoisotopic (exact) mass is 265 g/mol. The molecular formula is C11H8BrNO2. The van der Waals surface area contributed by atoms with Crippen LogP contribution in [-0.2, 0) is 4.79 Å². The first-order chi connectivity index (χ1) is 6.92. The molecule has 0 atom stereocenters. The second-order valence-corrected chi connectivity index (χ2v) is 2.69. The summed E-state index contributed by atoms with van der Waals surface area (Å²) in [7, 11) is 0. The molecule has 0 N–H and O–H groups in total. The lowest BCUT2D eigenvalue weighted by atomic mass is 10.1. The van der Waals surface area contributed by atoms with Gasteiger partial charge in [-0.1, -0.05) is 0 Å². The van der Waals surface area contributed by atoms with Gasteiger partial charge < -0.3 is 4.42 Å². The highest BCUT2D eigenvalue weighted by Crippen LogP contribution is 2.19. The predicted octanol–water partition coefficient (Wildman–Crippen LogP) is 2.52. The summed E-state index contributed by atoms with van der Waals surface area (Å²) < 4.78 is 5.12. The van der Waals surface area contributed by atoms with Gasteiger partial charge in [0.05, 0.1) is 6.26 Å². The predicted molar refractivity (Wildman–Crippen MR) is 61.5 cm³/mol. The number of halogens is 1. The summed E-state index contributed by atoms with van der Waals surface area (Å²) in [6.45, 7) is 0. The van der Waals surface area contributed by atoms with Crippen LogP contribution in [0.1, 0.15) is 11.3 Å². The van der Waals surface area contributed by atoms with Gasteiger partial charge in [0, 0.05) is 12.4 Å². The topological polar surface area (TPSA) is 43.1 Å². The van der Waals surface area contributed by atoms with Crippen molar-refractivity contribution < 1.29 is 9.21 Å². The molecular weight excluding hydrogens is 258 g/mol. The number of pyridine rings is 1. The van der Waals surface area contributed by atoms with Gasteiger partial charge in [-0.25, -0.2) is 4.79 Å². The first-order valence-electron chi connectivity index (χ1n) is 4.11. The molecule has 76 valence electrons. The standard InChI is InChI=1S/C11H7NO2.BrH/c13-8-10(11-2-1-7-14-11)9-3-5-12-6-4-9;/h1-7H;1H. The van der Waals surface area contributed by atoms with Gasteiger partial charge >= 0.3 is 0 Å². The molecule has 0 aliphatic rings. The molecule has 3 nitrogen and oxygen atoms in total. The van der Waals surface area contributed by atoms with E-state index in [4.69, 9.17) is 4.42 Å². The summed E-state index contributed by atoms with van der Waals surface area (Å²) in [5.41, 5.74) is 1.17. The molecule has 0 aromatic carbocycles. The van der Waals surface area contributed by atoms with E-state index in [2.05, 4.69) is 4.98 Å². The van der Waals surface area contributed by atoms with Crippen LogP contribution in [0.5, 0.6) is 0 Å². The number of rotatable bonds is 2. The minimum Gasteiger partial charge on any atom is -0.464 e. The highest BCUT2D eigenvalue weighted by atomic mass is 79.9. The number of hydrogen-bond donors (Lipinski definition) is 0. The number of aromatic nitrogens is 1. The van der Waals surface area contributed by atoms with Crippen molar-refractivity contribution >= 4 is 28.5 Å². The van der Waals surface area contributed by atoms with E-state index < -0.39 is 0 Å². The number of carbonyl (C=O) groups excluding carboxylic acids is 1. The molecule has 0 aliphatic carbocycles. The molecule has 4 heteroatoms. The molecule has 0 saturated carbocycles. The van der Waals surface area contributed by atoms with Gasteiger partial charge in [0.2, 0.25) is 0 Å². The van der Waals surface area contributed by atoms with Gasteiger partial charge in [-0.3, -0.25) is 4.98 Å². The fourth-order valence-electron chi connectivity index (χ4n) is 1.19. The summed E-state index contributed by atoms with van der Waals surface area (Å²) in [6, 6.07) is 6.93. The number of furan rings is 1. The maximum absolute atomic E-state index is 10.8. The van der Waals surface area contributed by atoms with Gasteiger partial charge in [-0.15, -0.1) is 17.0 Å². The van der Waals surface area contributed by atoms with Crippen LogP contribution in [0.3, 0.4) is 0 Å². The van der Waals surface area contributed by atoms with Crippen molar-refractivity contribution in [2.75, 3.05) is 0 Å². The number of nitrogens with zero attached hydrogens (tertiary/aromatic N) is 1. The SMILES string of the molecule is Br.O=C=C(c1ccncc1)c1ccco1. The van der Waals surface area contributed by atoms with Crippen LogP contribution in [0.25, 0.3) is 5.57 Å². The zero-order valence-corrected chi connectivity index (χ0v) is 9.43. The maximum Gasteiger partial charge on any atom is 0.145 e. The molecule has 2 heterocycles. The summed E-state index contributed by atoms with van der Waals surface area (Å²) in [6.07, 6.45) is 4.76. The van der Waals surface area contributed by atoms with E-state index in [-0.39, 0.29) is 17.0 Å². The van der Waals surface area contributed by atoms with E-state index in [1.54, 1.807) is 36.7 Å². The summed E-state index contributed by atoms with van der Waals surface area (Å²) in [5.74, 6) is 2.39. The Balaban J connectivity index is 0.00000112. The molecule has 0 spiro atoms. The summed E-state index contributed by atoms with van der Waals surface area (Å²) in [5, 5.41) is 0. The maximum atomic E-state index is 10.8. The molecule has 0 radical (unpaired) electrons. The van der Waals surface area contributed by atoms with Crippen molar-refractivity contribution in [1.29, 1.82) is 0 Å². The smallest absolute Gasteiger partial charge is 0.145 e. The first kappa shape index (κ1) is 11.4. The average molecular weight is 266 g/mol. The molecule has 15 heavy (non-hydrogen) atoms. The minimum absolute atomic E-state index is 0. The average Bonchev–Trinajstić information content (AvgIpc) is 2.74. The second-order valence-electron chi connectivity index (χ2n) is 2.69. The molecule has 0 fully saturated rings. The van der Waals surface area contributed by atoms with E-state index in [0.717, 1.165) is 5.56 Å². The number of hydrogen-bond acceptors (Lipinski definition) is 3. The molecule has 2 aromatic rings. The second kappa shape index (κ2) is 5.29. The van der Waals surface area contributed by atoms with E-state index in [9.17, 15) is 4.79 Å². The van der Waals surface area contributed by atoms with Crippen molar-refractivity contribution in [3.63, 3.8) is 0 Å². The molecule has 0 saturated heterocycles. The van der Waals surface area contributed by atoms with Crippen LogP contribution < -0.4 is 0 Å². The molecule has 0 aliphatic heterocycles. The van der Waals surface area contributed by atoms with E-state index >= 15 is 0 Å². The van der Waals surface area contributed by atoms with Crippen LogP contribution in [0.4, 0.5) is 0 Å². The lowest BCUT2D eigenvalue weighted by molar-refractivity contribution is 0.549. The molecule has 0 unspecified atom stereocenters. The quantitative estimate of drug-likeness (QED) is 0.784. The Kier molecular flexibility index (Phi) is 4.03. The Labute approximate surface area is 97.2 Å². The van der Waals surface area contributed by atoms with Crippen molar-refractivity contribution in [2.45, 2.75) is 0 Å². The molecule has 0 amide bonds. The first-order valence-corrected chi connectivity index (χ1v) is 4.11. The van der Waals surface area contributed by atoms with Crippen molar-refractivity contribution in [2.24, 2.45) is 0 Å². The van der Waals surface area contributed by atoms with Gasteiger partial charge in [-0.05, 0) is 29.8 Å². The lowest BCUT2D eigenvalue weighted by Crippen LogP contribution is -1.86. The Morgan fingerprint density at radius 2 is 2.00 bits per heavy atom. The van der Waals surface area contributed by atoms with E-state index in [0.29, 0.717) is 11.3 Å². The minimum atomic E-state index is 0. The highest BCUT2D eigenvalue weighted by molar-refractivity contribution is 8.93. The van der Waals surface area contributed by atoms with Crippen LogP contribution >= 0.6 is 17.0 Å². The van der Waals surface area contributed by atoms with Crippen LogP contribution in [0.2, 0.25) is 0 Å². The van der Waals surface area contributed by atoms with Crippen molar-refractivity contribution in [1.82, 2.24) is 4.98 Å². The normalized spacial score (nSPS) is 8.80. The molecule has 2 rings (SSSR count). The van der Waals surface area contributed by atoms with Crippen LogP contribution in [0, 0.1) is 0 Å². The third-order valence-electron chi connectivity index (χ3n) is 1.84. The Morgan fingerprint density at radius 1 is 1.27 bits per heavy atom. The third-order valence-corrected chi connectivity index (χ3v) is 1.84. The Hall–Kier alpha value is -1.64. The summed E-state index contributed by atoms with van der Waals surface area (Å²) >= 11 is 0. The third kappa shape index (κ3) is 2.43. The van der Waals surface area contributed by atoms with Crippen LogP contribution in [-0.4, -0.2) is 10.9 Å². The fourth-order valence-corrected chi connectivity index (χ4v) is 1.19. The zero-order chi connectivity index (χ0) is 9.80. The fraction of sp³-hybridized carbons (Fsp3) is 0. The van der Waals surface area contributed by atoms with Gasteiger partial charge in [0.15, 0.2) is 0 Å².